The van der Waals surface area contributed by atoms with Crippen LogP contribution in [0.3, 0.4) is 0 Å². The van der Waals surface area contributed by atoms with Gasteiger partial charge in [-0.15, -0.1) is 0 Å². The third kappa shape index (κ3) is 3.30. The van der Waals surface area contributed by atoms with E-state index in [1.165, 1.54) is 28.4 Å². The number of carbonyl (C=O) groups excluding carboxylic acids is 1. The second kappa shape index (κ2) is 7.26. The van der Waals surface area contributed by atoms with Gasteiger partial charge < -0.3 is 9.64 Å². The summed E-state index contributed by atoms with van der Waals surface area (Å²) < 4.78 is 32.3. The van der Waals surface area contributed by atoms with E-state index in [1.54, 1.807) is 43.3 Å². The van der Waals surface area contributed by atoms with E-state index in [-0.39, 0.29) is 23.9 Å². The van der Waals surface area contributed by atoms with Gasteiger partial charge in [0.25, 0.3) is 0 Å². The highest BCUT2D eigenvalue weighted by Gasteiger charge is 2.40. The van der Waals surface area contributed by atoms with Crippen LogP contribution in [0.5, 0.6) is 5.75 Å². The van der Waals surface area contributed by atoms with Crippen LogP contribution in [0.1, 0.15) is 6.92 Å². The number of carbonyl (C=O) groups is 1. The molecule has 26 heavy (non-hydrogen) atoms. The molecule has 0 saturated carbocycles. The maximum Gasteiger partial charge on any atom is 0.245 e. The molecule has 138 valence electrons. The number of sulfonamides is 1. The number of methoxy groups -OCH3 is 1. The topological polar surface area (TPSA) is 66.9 Å². The first-order chi connectivity index (χ1) is 12.4. The lowest BCUT2D eigenvalue weighted by molar-refractivity contribution is -0.123. The molecule has 6 nitrogen and oxygen atoms in total. The Bertz CT molecular complexity index is 918. The fourth-order valence-corrected chi connectivity index (χ4v) is 4.79. The van der Waals surface area contributed by atoms with Gasteiger partial charge in [-0.2, -0.15) is 4.31 Å². The Kier molecular flexibility index (Phi) is 5.22. The Morgan fingerprint density at radius 1 is 1.12 bits per heavy atom. The summed E-state index contributed by atoms with van der Waals surface area (Å²) in [6, 6.07) is 12.3. The molecule has 1 aliphatic heterocycles. The van der Waals surface area contributed by atoms with Crippen LogP contribution >= 0.6 is 11.6 Å². The average molecular weight is 395 g/mol. The Balaban J connectivity index is 1.92. The number of rotatable bonds is 4. The third-order valence-electron chi connectivity index (χ3n) is 4.38. The molecule has 0 bridgehead atoms. The number of piperazine rings is 1. The van der Waals surface area contributed by atoms with Crippen molar-refractivity contribution in [2.24, 2.45) is 0 Å². The van der Waals surface area contributed by atoms with Gasteiger partial charge in [-0.1, -0.05) is 29.8 Å². The number of ether oxygens (including phenoxy) is 1. The van der Waals surface area contributed by atoms with E-state index in [1.807, 2.05) is 0 Å². The molecular formula is C18H19ClN2O4S. The zero-order valence-corrected chi connectivity index (χ0v) is 16.0. The van der Waals surface area contributed by atoms with Crippen LogP contribution in [0.15, 0.2) is 53.4 Å². The zero-order chi connectivity index (χ0) is 18.9. The molecule has 2 aromatic carbocycles. The molecule has 0 aromatic heterocycles. The maximum atomic E-state index is 12.9. The van der Waals surface area contributed by atoms with Gasteiger partial charge in [0.15, 0.2) is 0 Å². The van der Waals surface area contributed by atoms with Crippen LogP contribution in [-0.2, 0) is 14.8 Å². The van der Waals surface area contributed by atoms with Crippen molar-refractivity contribution in [3.05, 3.63) is 53.6 Å². The second-order valence-electron chi connectivity index (χ2n) is 5.91. The van der Waals surface area contributed by atoms with E-state index in [4.69, 9.17) is 16.3 Å². The lowest BCUT2D eigenvalue weighted by Gasteiger charge is -2.38. The molecule has 8 heteroatoms. The van der Waals surface area contributed by atoms with E-state index >= 15 is 0 Å². The minimum absolute atomic E-state index is 0.174. The van der Waals surface area contributed by atoms with Crippen LogP contribution < -0.4 is 9.64 Å². The van der Waals surface area contributed by atoms with Crippen molar-refractivity contribution in [2.75, 3.05) is 25.1 Å². The molecule has 1 atom stereocenters. The van der Waals surface area contributed by atoms with Crippen molar-refractivity contribution < 1.29 is 17.9 Å². The number of nitrogens with zero attached hydrogens (tertiary/aromatic N) is 2. The van der Waals surface area contributed by atoms with Crippen molar-refractivity contribution in [2.45, 2.75) is 17.9 Å². The number of benzene rings is 2. The predicted molar refractivity (Wildman–Crippen MR) is 100 cm³/mol. The number of hydrogen-bond donors (Lipinski definition) is 0. The molecule has 0 spiro atoms. The molecule has 0 aliphatic carbocycles. The lowest BCUT2D eigenvalue weighted by atomic mass is 10.1. The third-order valence-corrected chi connectivity index (χ3v) is 6.60. The normalized spacial score (nSPS) is 18.8. The molecule has 1 heterocycles. The van der Waals surface area contributed by atoms with Crippen LogP contribution in [0.4, 0.5) is 5.69 Å². The van der Waals surface area contributed by atoms with E-state index in [9.17, 15) is 13.2 Å². The highest BCUT2D eigenvalue weighted by molar-refractivity contribution is 7.89. The average Bonchev–Trinajstić information content (AvgIpc) is 2.64. The van der Waals surface area contributed by atoms with Crippen molar-refractivity contribution >= 4 is 33.2 Å². The summed E-state index contributed by atoms with van der Waals surface area (Å²) in [4.78, 5) is 14.6. The number of amides is 1. The molecule has 1 amide bonds. The summed E-state index contributed by atoms with van der Waals surface area (Å²) >= 11 is 6.06. The van der Waals surface area contributed by atoms with Crippen molar-refractivity contribution in [3.63, 3.8) is 0 Å². The minimum atomic E-state index is -3.75. The predicted octanol–water partition coefficient (Wildman–Crippen LogP) is 2.77. The molecule has 1 fully saturated rings. The Hall–Kier alpha value is -2.09. The van der Waals surface area contributed by atoms with E-state index in [2.05, 4.69) is 0 Å². The van der Waals surface area contributed by atoms with Crippen LogP contribution in [-0.4, -0.2) is 44.9 Å². The SMILES string of the molecule is COc1ccc(Cl)cc1N1CCN(S(=O)(=O)c2ccccc2)[C@H](C)C1=O. The highest BCUT2D eigenvalue weighted by atomic mass is 35.5. The van der Waals surface area contributed by atoms with Crippen LogP contribution in [0.2, 0.25) is 5.02 Å². The van der Waals surface area contributed by atoms with Gasteiger partial charge in [-0.25, -0.2) is 8.42 Å². The van der Waals surface area contributed by atoms with Gasteiger partial charge in [-0.05, 0) is 37.3 Å². The summed E-state index contributed by atoms with van der Waals surface area (Å²) in [6.45, 7) is 1.98. The highest BCUT2D eigenvalue weighted by Crippen LogP contribution is 2.34. The molecular weight excluding hydrogens is 376 g/mol. The van der Waals surface area contributed by atoms with E-state index in [0.29, 0.717) is 16.5 Å². The smallest absolute Gasteiger partial charge is 0.245 e. The fourth-order valence-electron chi connectivity index (χ4n) is 3.02. The molecule has 1 aliphatic rings. The lowest BCUT2D eigenvalue weighted by Crippen LogP contribution is -2.57. The van der Waals surface area contributed by atoms with Crippen molar-refractivity contribution in [1.29, 1.82) is 0 Å². The quantitative estimate of drug-likeness (QED) is 0.799. The monoisotopic (exact) mass is 394 g/mol. The number of hydrogen-bond acceptors (Lipinski definition) is 4. The zero-order valence-electron chi connectivity index (χ0n) is 14.4. The van der Waals surface area contributed by atoms with E-state index < -0.39 is 16.1 Å². The molecule has 3 rings (SSSR count). The molecule has 0 radical (unpaired) electrons. The van der Waals surface area contributed by atoms with Crippen LogP contribution in [0, 0.1) is 0 Å². The van der Waals surface area contributed by atoms with Gasteiger partial charge in [0.2, 0.25) is 15.9 Å². The van der Waals surface area contributed by atoms with Gasteiger partial charge in [-0.3, -0.25) is 4.79 Å². The first-order valence-corrected chi connectivity index (χ1v) is 9.90. The summed E-state index contributed by atoms with van der Waals surface area (Å²) in [5.41, 5.74) is 0.536. The Labute approximate surface area is 158 Å². The van der Waals surface area contributed by atoms with Crippen LogP contribution in [0.25, 0.3) is 0 Å². The molecule has 0 N–H and O–H groups in total. The standard InChI is InChI=1S/C18H19ClN2O4S/c1-13-18(22)20(16-12-14(19)8-9-17(16)25-2)10-11-21(13)26(23,24)15-6-4-3-5-7-15/h3-9,12-13H,10-11H2,1-2H3/t13-/m1/s1. The van der Waals surface area contributed by atoms with Gasteiger partial charge in [0.05, 0.1) is 17.7 Å². The molecule has 2 aromatic rings. The molecule has 0 unspecified atom stereocenters. The summed E-state index contributed by atoms with van der Waals surface area (Å²) in [5.74, 6) is 0.186. The number of anilines is 1. The number of halogens is 1. The summed E-state index contributed by atoms with van der Waals surface area (Å²) in [7, 11) is -2.23. The van der Waals surface area contributed by atoms with E-state index in [0.717, 1.165) is 0 Å². The van der Waals surface area contributed by atoms with Crippen molar-refractivity contribution in [3.8, 4) is 5.75 Å². The maximum absolute atomic E-state index is 12.9. The summed E-state index contributed by atoms with van der Waals surface area (Å²) in [6.07, 6.45) is 0. The minimum Gasteiger partial charge on any atom is -0.495 e. The second-order valence-corrected chi connectivity index (χ2v) is 8.24. The summed E-state index contributed by atoms with van der Waals surface area (Å²) in [5, 5.41) is 0.473. The first kappa shape index (κ1) is 18.7. The first-order valence-electron chi connectivity index (χ1n) is 8.08. The fraction of sp³-hybridized carbons (Fsp3) is 0.278. The van der Waals surface area contributed by atoms with Crippen molar-refractivity contribution in [1.82, 2.24) is 4.31 Å². The molecule has 1 saturated heterocycles. The van der Waals surface area contributed by atoms with Gasteiger partial charge >= 0.3 is 0 Å². The Morgan fingerprint density at radius 3 is 2.46 bits per heavy atom. The van der Waals surface area contributed by atoms with Gasteiger partial charge in [0, 0.05) is 18.1 Å². The Morgan fingerprint density at radius 2 is 1.81 bits per heavy atom. The van der Waals surface area contributed by atoms with Gasteiger partial charge in [0.1, 0.15) is 11.8 Å². The largest absolute Gasteiger partial charge is 0.495 e.